The molecule has 0 N–H and O–H groups in total. The van der Waals surface area contributed by atoms with E-state index in [-0.39, 0.29) is 24.0 Å². The summed E-state index contributed by atoms with van der Waals surface area (Å²) in [5.74, 6) is 0.265. The molecule has 4 nitrogen and oxygen atoms in total. The molecule has 0 spiro atoms. The highest BCUT2D eigenvalue weighted by atomic mass is 19.1. The van der Waals surface area contributed by atoms with Gasteiger partial charge in [0.2, 0.25) is 0 Å². The quantitative estimate of drug-likeness (QED) is 0.790. The molecule has 2 aliphatic rings. The van der Waals surface area contributed by atoms with Crippen LogP contribution in [0.5, 0.6) is 5.75 Å². The summed E-state index contributed by atoms with van der Waals surface area (Å²) in [6, 6.07) is 5.06. The van der Waals surface area contributed by atoms with Crippen molar-refractivity contribution >= 4 is 11.7 Å². The van der Waals surface area contributed by atoms with Gasteiger partial charge in [-0.05, 0) is 64.7 Å². The van der Waals surface area contributed by atoms with Crippen LogP contribution in [0.4, 0.5) is 9.18 Å². The molecule has 1 saturated heterocycles. The predicted octanol–water partition coefficient (Wildman–Crippen LogP) is 4.78. The van der Waals surface area contributed by atoms with Gasteiger partial charge in [0.25, 0.3) is 0 Å². The Bertz CT molecular complexity index is 693. The van der Waals surface area contributed by atoms with Crippen molar-refractivity contribution in [2.24, 2.45) is 0 Å². The SMILES string of the molecule is CCOc1ccc(C2=CC3CCC(C2)N3C(=O)OC(C)(C)C)c(F)c1. The van der Waals surface area contributed by atoms with Gasteiger partial charge in [-0.3, -0.25) is 4.90 Å². The third kappa shape index (κ3) is 3.80. The Balaban J connectivity index is 1.81. The van der Waals surface area contributed by atoms with E-state index < -0.39 is 5.60 Å². The maximum absolute atomic E-state index is 14.5. The Morgan fingerprint density at radius 2 is 2.08 bits per heavy atom. The summed E-state index contributed by atoms with van der Waals surface area (Å²) < 4.78 is 25.4. The number of fused-ring (bicyclic) bond motifs is 2. The third-order valence-electron chi connectivity index (χ3n) is 4.60. The molecule has 1 fully saturated rings. The first kappa shape index (κ1) is 17.8. The van der Waals surface area contributed by atoms with E-state index in [1.54, 1.807) is 12.1 Å². The molecule has 2 heterocycles. The van der Waals surface area contributed by atoms with Crippen LogP contribution >= 0.6 is 0 Å². The van der Waals surface area contributed by atoms with E-state index in [2.05, 4.69) is 0 Å². The molecule has 1 aromatic carbocycles. The standard InChI is InChI=1S/C20H26FNO3/c1-5-24-16-8-9-17(18(21)12-16)13-10-14-6-7-15(11-13)22(14)19(23)25-20(2,3)4/h8-10,12,14-15H,5-7,11H2,1-4H3. The van der Waals surface area contributed by atoms with Crippen molar-refractivity contribution in [1.29, 1.82) is 0 Å². The van der Waals surface area contributed by atoms with E-state index in [1.165, 1.54) is 6.07 Å². The van der Waals surface area contributed by atoms with Crippen LogP contribution in [0.2, 0.25) is 0 Å². The smallest absolute Gasteiger partial charge is 0.411 e. The predicted molar refractivity (Wildman–Crippen MR) is 95.0 cm³/mol. The van der Waals surface area contributed by atoms with Crippen molar-refractivity contribution in [2.75, 3.05) is 6.61 Å². The maximum atomic E-state index is 14.5. The average Bonchev–Trinajstić information content (AvgIpc) is 2.77. The van der Waals surface area contributed by atoms with E-state index in [0.717, 1.165) is 18.4 Å². The lowest BCUT2D eigenvalue weighted by molar-refractivity contribution is 0.0175. The molecule has 2 bridgehead atoms. The Morgan fingerprint density at radius 1 is 1.32 bits per heavy atom. The second kappa shape index (κ2) is 6.70. The zero-order valence-corrected chi connectivity index (χ0v) is 15.3. The van der Waals surface area contributed by atoms with Crippen LogP contribution in [0.1, 0.15) is 52.5 Å². The van der Waals surface area contributed by atoms with Crippen molar-refractivity contribution in [3.63, 3.8) is 0 Å². The second-order valence-corrected chi connectivity index (χ2v) is 7.66. The van der Waals surface area contributed by atoms with Crippen LogP contribution in [-0.4, -0.2) is 35.3 Å². The Labute approximate surface area is 148 Å². The van der Waals surface area contributed by atoms with E-state index in [0.29, 0.717) is 24.3 Å². The number of nitrogens with zero attached hydrogens (tertiary/aromatic N) is 1. The second-order valence-electron chi connectivity index (χ2n) is 7.66. The fourth-order valence-corrected chi connectivity index (χ4v) is 3.64. The summed E-state index contributed by atoms with van der Waals surface area (Å²) in [6.07, 6.45) is 4.21. The molecule has 0 aromatic heterocycles. The van der Waals surface area contributed by atoms with Crippen LogP contribution in [-0.2, 0) is 4.74 Å². The van der Waals surface area contributed by atoms with Gasteiger partial charge in [0.1, 0.15) is 17.2 Å². The minimum Gasteiger partial charge on any atom is -0.494 e. The number of hydrogen-bond donors (Lipinski definition) is 0. The molecule has 3 rings (SSSR count). The first-order chi connectivity index (χ1) is 11.8. The summed E-state index contributed by atoms with van der Waals surface area (Å²) >= 11 is 0. The van der Waals surface area contributed by atoms with Crippen LogP contribution in [0, 0.1) is 5.82 Å². The van der Waals surface area contributed by atoms with Crippen molar-refractivity contribution in [2.45, 2.75) is 64.6 Å². The van der Waals surface area contributed by atoms with Gasteiger partial charge < -0.3 is 9.47 Å². The zero-order valence-electron chi connectivity index (χ0n) is 15.3. The van der Waals surface area contributed by atoms with E-state index >= 15 is 0 Å². The monoisotopic (exact) mass is 347 g/mol. The zero-order chi connectivity index (χ0) is 18.2. The molecule has 1 amide bonds. The number of hydrogen-bond acceptors (Lipinski definition) is 3. The summed E-state index contributed by atoms with van der Waals surface area (Å²) in [6.45, 7) is 7.99. The van der Waals surface area contributed by atoms with Gasteiger partial charge in [-0.25, -0.2) is 9.18 Å². The molecule has 2 aliphatic heterocycles. The summed E-state index contributed by atoms with van der Waals surface area (Å²) in [4.78, 5) is 14.3. The minimum atomic E-state index is -0.512. The Hall–Kier alpha value is -2.04. The number of halogens is 1. The van der Waals surface area contributed by atoms with Gasteiger partial charge in [0.15, 0.2) is 0 Å². The third-order valence-corrected chi connectivity index (χ3v) is 4.60. The lowest BCUT2D eigenvalue weighted by atomic mass is 9.94. The lowest BCUT2D eigenvalue weighted by Crippen LogP contribution is -2.45. The first-order valence-electron chi connectivity index (χ1n) is 8.93. The van der Waals surface area contributed by atoms with Gasteiger partial charge in [-0.15, -0.1) is 0 Å². The van der Waals surface area contributed by atoms with Gasteiger partial charge >= 0.3 is 6.09 Å². The van der Waals surface area contributed by atoms with Gasteiger partial charge in [0, 0.05) is 17.7 Å². The molecule has 25 heavy (non-hydrogen) atoms. The van der Waals surface area contributed by atoms with Crippen LogP contribution in [0.15, 0.2) is 24.3 Å². The summed E-state index contributed by atoms with van der Waals surface area (Å²) in [5, 5.41) is 0. The van der Waals surface area contributed by atoms with Crippen molar-refractivity contribution in [3.05, 3.63) is 35.7 Å². The van der Waals surface area contributed by atoms with E-state index in [1.807, 2.05) is 38.7 Å². The van der Waals surface area contributed by atoms with Crippen molar-refractivity contribution in [3.8, 4) is 5.75 Å². The number of rotatable bonds is 3. The first-order valence-corrected chi connectivity index (χ1v) is 8.93. The Morgan fingerprint density at radius 3 is 2.68 bits per heavy atom. The normalized spacial score (nSPS) is 22.6. The highest BCUT2D eigenvalue weighted by Crippen LogP contribution is 2.40. The molecule has 136 valence electrons. The van der Waals surface area contributed by atoms with Crippen LogP contribution in [0.3, 0.4) is 0 Å². The van der Waals surface area contributed by atoms with E-state index in [4.69, 9.17) is 9.47 Å². The topological polar surface area (TPSA) is 38.8 Å². The van der Waals surface area contributed by atoms with Crippen molar-refractivity contribution in [1.82, 2.24) is 4.90 Å². The number of amides is 1. The largest absolute Gasteiger partial charge is 0.494 e. The minimum absolute atomic E-state index is 0.0189. The molecule has 0 saturated carbocycles. The van der Waals surface area contributed by atoms with E-state index in [9.17, 15) is 9.18 Å². The number of ether oxygens (including phenoxy) is 2. The van der Waals surface area contributed by atoms with Crippen molar-refractivity contribution < 1.29 is 18.7 Å². The molecular weight excluding hydrogens is 321 g/mol. The average molecular weight is 347 g/mol. The highest BCUT2D eigenvalue weighted by Gasteiger charge is 2.41. The molecule has 0 radical (unpaired) electrons. The summed E-state index contributed by atoms with van der Waals surface area (Å²) in [5.41, 5.74) is 1.05. The number of benzene rings is 1. The lowest BCUT2D eigenvalue weighted by Gasteiger charge is -2.35. The van der Waals surface area contributed by atoms with Crippen LogP contribution < -0.4 is 4.74 Å². The molecule has 2 unspecified atom stereocenters. The molecule has 1 aromatic rings. The highest BCUT2D eigenvalue weighted by molar-refractivity contribution is 5.75. The number of carbonyl (C=O) groups is 1. The van der Waals surface area contributed by atoms with Gasteiger partial charge in [-0.2, -0.15) is 0 Å². The number of carbonyl (C=O) groups excluding carboxylic acids is 1. The fraction of sp³-hybridized carbons (Fsp3) is 0.550. The van der Waals surface area contributed by atoms with Crippen LogP contribution in [0.25, 0.3) is 5.57 Å². The molecule has 2 atom stereocenters. The fourth-order valence-electron chi connectivity index (χ4n) is 3.64. The maximum Gasteiger partial charge on any atom is 0.411 e. The molecule has 0 aliphatic carbocycles. The Kier molecular flexibility index (Phi) is 4.76. The summed E-state index contributed by atoms with van der Waals surface area (Å²) in [7, 11) is 0. The van der Waals surface area contributed by atoms with Gasteiger partial charge in [-0.1, -0.05) is 6.08 Å². The molecule has 5 heteroatoms. The van der Waals surface area contributed by atoms with Gasteiger partial charge in [0.05, 0.1) is 12.6 Å². The molecular formula is C20H26FNO3.